The topological polar surface area (TPSA) is 84.0 Å². The van der Waals surface area contributed by atoms with Gasteiger partial charge in [-0.05, 0) is 35.0 Å². The van der Waals surface area contributed by atoms with Crippen molar-refractivity contribution in [3.63, 3.8) is 0 Å². The summed E-state index contributed by atoms with van der Waals surface area (Å²) in [6.07, 6.45) is 0. The Kier molecular flexibility index (Phi) is 5.41. The van der Waals surface area contributed by atoms with Crippen molar-refractivity contribution < 1.29 is 9.59 Å². The molecule has 4 rings (SSSR count). The van der Waals surface area contributed by atoms with Gasteiger partial charge in [-0.25, -0.2) is 9.97 Å². The van der Waals surface area contributed by atoms with Gasteiger partial charge in [-0.1, -0.05) is 24.3 Å². The largest absolute Gasteiger partial charge is 0.352 e. The van der Waals surface area contributed by atoms with Gasteiger partial charge in [0.2, 0.25) is 11.7 Å². The van der Waals surface area contributed by atoms with Gasteiger partial charge in [0.05, 0.1) is 15.1 Å². The Morgan fingerprint density at radius 3 is 2.54 bits per heavy atom. The molecule has 0 unspecified atom stereocenters. The fourth-order valence-corrected chi connectivity index (χ4v) is 4.14. The van der Waals surface area contributed by atoms with E-state index in [2.05, 4.69) is 20.6 Å². The number of benzene rings is 1. The molecule has 1 aromatic carbocycles. The number of carbonyl (C=O) groups excluding carboxylic acids is 2. The number of aromatic nitrogens is 2. The Morgan fingerprint density at radius 2 is 1.75 bits per heavy atom. The molecule has 0 aliphatic carbocycles. The van der Waals surface area contributed by atoms with Crippen molar-refractivity contribution in [3.05, 3.63) is 75.4 Å². The highest BCUT2D eigenvalue weighted by Gasteiger charge is 2.18. The highest BCUT2D eigenvalue weighted by Crippen LogP contribution is 2.26. The van der Waals surface area contributed by atoms with Crippen LogP contribution in [0.2, 0.25) is 0 Å². The molecule has 0 saturated carbocycles. The van der Waals surface area contributed by atoms with Crippen LogP contribution in [0.5, 0.6) is 0 Å². The van der Waals surface area contributed by atoms with Gasteiger partial charge in [0.15, 0.2) is 0 Å². The minimum atomic E-state index is -0.134. The maximum Gasteiger partial charge on any atom is 0.251 e. The van der Waals surface area contributed by atoms with Gasteiger partial charge in [-0.15, -0.1) is 22.7 Å². The lowest BCUT2D eigenvalue weighted by Gasteiger charge is -2.08. The van der Waals surface area contributed by atoms with Crippen LogP contribution in [-0.2, 0) is 0 Å². The van der Waals surface area contributed by atoms with E-state index in [1.54, 1.807) is 18.2 Å². The van der Waals surface area contributed by atoms with Crippen LogP contribution in [0.1, 0.15) is 25.7 Å². The number of anilines is 1. The van der Waals surface area contributed by atoms with Crippen molar-refractivity contribution in [3.8, 4) is 0 Å². The highest BCUT2D eigenvalue weighted by molar-refractivity contribution is 7.17. The van der Waals surface area contributed by atoms with E-state index >= 15 is 0 Å². The van der Waals surface area contributed by atoms with Gasteiger partial charge in [0, 0.05) is 18.7 Å². The number of amides is 1. The first-order valence-corrected chi connectivity index (χ1v) is 10.4. The van der Waals surface area contributed by atoms with E-state index in [0.29, 0.717) is 35.2 Å². The average Bonchev–Trinajstić information content (AvgIpc) is 3.42. The molecule has 0 radical (unpaired) electrons. The third-order valence-corrected chi connectivity index (χ3v) is 5.77. The van der Waals surface area contributed by atoms with Crippen molar-refractivity contribution in [1.82, 2.24) is 15.3 Å². The van der Waals surface area contributed by atoms with E-state index in [1.807, 2.05) is 41.1 Å². The van der Waals surface area contributed by atoms with Crippen LogP contribution in [0.3, 0.4) is 0 Å². The van der Waals surface area contributed by atoms with Gasteiger partial charge in [-0.3, -0.25) is 9.59 Å². The maximum absolute atomic E-state index is 12.8. The van der Waals surface area contributed by atoms with E-state index in [0.717, 1.165) is 10.2 Å². The van der Waals surface area contributed by atoms with Crippen molar-refractivity contribution >= 4 is 50.5 Å². The summed E-state index contributed by atoms with van der Waals surface area (Å²) in [6.45, 7) is 0.855. The first-order chi connectivity index (χ1) is 13.7. The zero-order valence-corrected chi connectivity index (χ0v) is 16.3. The highest BCUT2D eigenvalue weighted by atomic mass is 32.1. The quantitative estimate of drug-likeness (QED) is 0.359. The summed E-state index contributed by atoms with van der Waals surface area (Å²) in [4.78, 5) is 34.4. The average molecular weight is 409 g/mol. The standard InChI is InChI=1S/C20H16N4O2S2/c25-17(15-7-4-11-27-15)16-18-14(8-12-28-18)23-20(24-16)22-10-9-21-19(26)13-5-2-1-3-6-13/h1-8,11-12H,9-10H2,(H,21,26)(H,22,23,24). The SMILES string of the molecule is O=C(NCCNc1nc(C(=O)c2cccs2)c2sccc2n1)c1ccccc1. The minimum Gasteiger partial charge on any atom is -0.352 e. The van der Waals surface area contributed by atoms with Crippen LogP contribution in [0.25, 0.3) is 10.2 Å². The van der Waals surface area contributed by atoms with E-state index in [-0.39, 0.29) is 11.7 Å². The zero-order chi connectivity index (χ0) is 19.3. The first kappa shape index (κ1) is 18.3. The van der Waals surface area contributed by atoms with Crippen molar-refractivity contribution in [1.29, 1.82) is 0 Å². The second-order valence-corrected chi connectivity index (χ2v) is 7.75. The number of thiophene rings is 2. The molecule has 3 heterocycles. The van der Waals surface area contributed by atoms with Gasteiger partial charge in [-0.2, -0.15) is 0 Å². The smallest absolute Gasteiger partial charge is 0.251 e. The molecule has 0 fully saturated rings. The lowest BCUT2D eigenvalue weighted by molar-refractivity contribution is 0.0954. The summed E-state index contributed by atoms with van der Waals surface area (Å²) in [6, 6.07) is 14.5. The molecule has 0 saturated heterocycles. The molecule has 140 valence electrons. The van der Waals surface area contributed by atoms with Crippen molar-refractivity contribution in [2.45, 2.75) is 0 Å². The number of ketones is 1. The van der Waals surface area contributed by atoms with Crippen LogP contribution in [0, 0.1) is 0 Å². The summed E-state index contributed by atoms with van der Waals surface area (Å²) in [7, 11) is 0. The summed E-state index contributed by atoms with van der Waals surface area (Å²) >= 11 is 2.84. The Balaban J connectivity index is 1.44. The molecule has 0 aliphatic rings. The Bertz CT molecular complexity index is 1110. The number of hydrogen-bond donors (Lipinski definition) is 2. The molecule has 8 heteroatoms. The van der Waals surface area contributed by atoms with E-state index in [4.69, 9.17) is 0 Å². The summed E-state index contributed by atoms with van der Waals surface area (Å²) in [5.74, 6) is 0.134. The molecule has 0 spiro atoms. The van der Waals surface area contributed by atoms with Gasteiger partial charge in [0.1, 0.15) is 5.69 Å². The number of nitrogens with one attached hydrogen (secondary N) is 2. The summed E-state index contributed by atoms with van der Waals surface area (Å²) in [5.41, 5.74) is 1.75. The molecular weight excluding hydrogens is 392 g/mol. The van der Waals surface area contributed by atoms with E-state index < -0.39 is 0 Å². The zero-order valence-electron chi connectivity index (χ0n) is 14.7. The third-order valence-electron chi connectivity index (χ3n) is 3.99. The van der Waals surface area contributed by atoms with Crippen LogP contribution in [0.15, 0.2) is 59.3 Å². The Hall–Kier alpha value is -3.10. The molecule has 0 atom stereocenters. The Labute approximate surface area is 169 Å². The second-order valence-electron chi connectivity index (χ2n) is 5.89. The number of carbonyl (C=O) groups is 2. The molecule has 4 aromatic rings. The predicted octanol–water partition coefficient (Wildman–Crippen LogP) is 3.83. The molecule has 6 nitrogen and oxygen atoms in total. The number of nitrogens with zero attached hydrogens (tertiary/aromatic N) is 2. The monoisotopic (exact) mass is 408 g/mol. The van der Waals surface area contributed by atoms with Crippen LogP contribution < -0.4 is 10.6 Å². The van der Waals surface area contributed by atoms with Crippen LogP contribution >= 0.6 is 22.7 Å². The number of hydrogen-bond acceptors (Lipinski definition) is 7. The van der Waals surface area contributed by atoms with E-state index in [9.17, 15) is 9.59 Å². The van der Waals surface area contributed by atoms with E-state index in [1.165, 1.54) is 22.7 Å². The second kappa shape index (κ2) is 8.28. The molecule has 3 aromatic heterocycles. The third kappa shape index (κ3) is 3.92. The van der Waals surface area contributed by atoms with Crippen LogP contribution in [-0.4, -0.2) is 34.7 Å². The molecule has 1 amide bonds. The lowest BCUT2D eigenvalue weighted by Crippen LogP contribution is -2.29. The Morgan fingerprint density at radius 1 is 0.893 bits per heavy atom. The fraction of sp³-hybridized carbons (Fsp3) is 0.100. The van der Waals surface area contributed by atoms with Gasteiger partial charge < -0.3 is 10.6 Å². The summed E-state index contributed by atoms with van der Waals surface area (Å²) < 4.78 is 0.779. The predicted molar refractivity (Wildman–Crippen MR) is 112 cm³/mol. The lowest BCUT2D eigenvalue weighted by atomic mass is 10.2. The molecule has 0 aliphatic heterocycles. The summed E-state index contributed by atoms with van der Waals surface area (Å²) in [5, 5.41) is 9.70. The molecule has 28 heavy (non-hydrogen) atoms. The van der Waals surface area contributed by atoms with Crippen LogP contribution in [0.4, 0.5) is 5.95 Å². The first-order valence-electron chi connectivity index (χ1n) is 8.63. The molecule has 2 N–H and O–H groups in total. The normalized spacial score (nSPS) is 10.7. The van der Waals surface area contributed by atoms with Crippen molar-refractivity contribution in [2.24, 2.45) is 0 Å². The van der Waals surface area contributed by atoms with Gasteiger partial charge in [0.25, 0.3) is 5.91 Å². The van der Waals surface area contributed by atoms with Gasteiger partial charge >= 0.3 is 0 Å². The molecule has 0 bridgehead atoms. The maximum atomic E-state index is 12.8. The molecular formula is C20H16N4O2S2. The number of rotatable bonds is 7. The fourth-order valence-electron chi connectivity index (χ4n) is 2.66. The number of fused-ring (bicyclic) bond motifs is 1. The van der Waals surface area contributed by atoms with Crippen molar-refractivity contribution in [2.75, 3.05) is 18.4 Å². The minimum absolute atomic E-state index is 0.106.